The van der Waals surface area contributed by atoms with Crippen LogP contribution in [0.25, 0.3) is 0 Å². The maximum absolute atomic E-state index is 4.31. The van der Waals surface area contributed by atoms with E-state index in [9.17, 15) is 0 Å². The van der Waals surface area contributed by atoms with Crippen LogP contribution < -0.4 is 5.32 Å². The minimum absolute atomic E-state index is 1.02. The fourth-order valence-corrected chi connectivity index (χ4v) is 1.57. The van der Waals surface area contributed by atoms with Crippen LogP contribution in [0.15, 0.2) is 36.0 Å². The number of aromatic nitrogens is 1. The van der Waals surface area contributed by atoms with Crippen molar-refractivity contribution < 1.29 is 0 Å². The zero-order chi connectivity index (χ0) is 8.93. The quantitative estimate of drug-likeness (QED) is 0.688. The Hall–Kier alpha value is -1.15. The van der Waals surface area contributed by atoms with Crippen LogP contribution in [0.5, 0.6) is 0 Å². The molecule has 0 amide bonds. The highest BCUT2D eigenvalue weighted by molar-refractivity contribution is 5.16. The van der Waals surface area contributed by atoms with E-state index in [1.54, 1.807) is 0 Å². The molecule has 0 aromatic carbocycles. The van der Waals surface area contributed by atoms with E-state index < -0.39 is 0 Å². The molecule has 0 bridgehead atoms. The van der Waals surface area contributed by atoms with Crippen LogP contribution in [0.3, 0.4) is 0 Å². The Morgan fingerprint density at radius 2 is 2.38 bits per heavy atom. The molecule has 0 unspecified atom stereocenters. The first-order valence-electron chi connectivity index (χ1n) is 4.74. The second kappa shape index (κ2) is 4.19. The minimum Gasteiger partial charge on any atom is -0.313 e. The fourth-order valence-electron chi connectivity index (χ4n) is 1.57. The molecule has 2 rings (SSSR count). The molecule has 2 nitrogen and oxygen atoms in total. The molecule has 0 radical (unpaired) electrons. The van der Waals surface area contributed by atoms with Gasteiger partial charge in [-0.15, -0.1) is 0 Å². The maximum Gasteiger partial charge on any atom is 0.0444 e. The van der Waals surface area contributed by atoms with Crippen LogP contribution in [-0.4, -0.2) is 18.1 Å². The smallest absolute Gasteiger partial charge is 0.0444 e. The van der Waals surface area contributed by atoms with Crippen LogP contribution >= 0.6 is 0 Å². The molecule has 13 heavy (non-hydrogen) atoms. The topological polar surface area (TPSA) is 24.9 Å². The molecule has 0 aliphatic carbocycles. The van der Waals surface area contributed by atoms with Gasteiger partial charge in [0.05, 0.1) is 0 Å². The largest absolute Gasteiger partial charge is 0.313 e. The zero-order valence-electron chi connectivity index (χ0n) is 7.66. The van der Waals surface area contributed by atoms with Gasteiger partial charge in [0.25, 0.3) is 0 Å². The summed E-state index contributed by atoms with van der Waals surface area (Å²) in [6.07, 6.45) is 6.31. The Morgan fingerprint density at radius 3 is 3.08 bits per heavy atom. The molecule has 1 aliphatic heterocycles. The van der Waals surface area contributed by atoms with Crippen LogP contribution in [0.2, 0.25) is 0 Å². The van der Waals surface area contributed by atoms with Gasteiger partial charge in [-0.1, -0.05) is 17.7 Å². The fraction of sp³-hybridized carbons (Fsp3) is 0.364. The molecule has 1 aromatic rings. The summed E-state index contributed by atoms with van der Waals surface area (Å²) < 4.78 is 0. The van der Waals surface area contributed by atoms with Gasteiger partial charge < -0.3 is 5.32 Å². The van der Waals surface area contributed by atoms with E-state index in [0.717, 1.165) is 25.9 Å². The number of hydrogen-bond donors (Lipinski definition) is 1. The Bertz CT molecular complexity index is 290. The molecule has 2 heterocycles. The number of pyridine rings is 1. The second-order valence-corrected chi connectivity index (χ2v) is 3.31. The maximum atomic E-state index is 4.31. The van der Waals surface area contributed by atoms with Gasteiger partial charge in [-0.3, -0.25) is 4.98 Å². The normalized spacial score (nSPS) is 16.8. The number of rotatable bonds is 2. The SMILES string of the molecule is C1=C(Cc2ccccn2)CCNC1. The third-order valence-corrected chi connectivity index (χ3v) is 2.29. The molecule has 68 valence electrons. The van der Waals surface area contributed by atoms with E-state index in [2.05, 4.69) is 22.4 Å². The predicted octanol–water partition coefficient (Wildman–Crippen LogP) is 1.54. The molecule has 1 N–H and O–H groups in total. The van der Waals surface area contributed by atoms with E-state index >= 15 is 0 Å². The highest BCUT2D eigenvalue weighted by atomic mass is 14.8. The van der Waals surface area contributed by atoms with Gasteiger partial charge in [0.15, 0.2) is 0 Å². The summed E-state index contributed by atoms with van der Waals surface area (Å²) in [6, 6.07) is 6.09. The Balaban J connectivity index is 2.01. The standard InChI is InChI=1S/C11H14N2/c1-2-6-13-11(3-1)9-10-4-7-12-8-5-10/h1-4,6,12H,5,7-9H2. The van der Waals surface area contributed by atoms with Crippen LogP contribution in [0.1, 0.15) is 12.1 Å². The summed E-state index contributed by atoms with van der Waals surface area (Å²) in [5.41, 5.74) is 2.69. The summed E-state index contributed by atoms with van der Waals surface area (Å²) in [5, 5.41) is 3.30. The van der Waals surface area contributed by atoms with Crippen molar-refractivity contribution in [1.82, 2.24) is 10.3 Å². The number of nitrogens with one attached hydrogen (secondary N) is 1. The van der Waals surface area contributed by atoms with E-state index in [0.29, 0.717) is 0 Å². The monoisotopic (exact) mass is 174 g/mol. The summed E-state index contributed by atoms with van der Waals surface area (Å²) in [7, 11) is 0. The summed E-state index contributed by atoms with van der Waals surface area (Å²) in [5.74, 6) is 0. The Morgan fingerprint density at radius 1 is 1.38 bits per heavy atom. The van der Waals surface area contributed by atoms with Crippen molar-refractivity contribution in [2.24, 2.45) is 0 Å². The van der Waals surface area contributed by atoms with Crippen molar-refractivity contribution >= 4 is 0 Å². The van der Waals surface area contributed by atoms with Gasteiger partial charge in [-0.2, -0.15) is 0 Å². The first kappa shape index (κ1) is 8.45. The predicted molar refractivity (Wildman–Crippen MR) is 53.5 cm³/mol. The zero-order valence-corrected chi connectivity index (χ0v) is 7.66. The molecule has 1 aliphatic rings. The van der Waals surface area contributed by atoms with E-state index in [4.69, 9.17) is 0 Å². The Kier molecular flexibility index (Phi) is 2.72. The van der Waals surface area contributed by atoms with Crippen LogP contribution in [0.4, 0.5) is 0 Å². The van der Waals surface area contributed by atoms with Gasteiger partial charge in [0.1, 0.15) is 0 Å². The van der Waals surface area contributed by atoms with Crippen LogP contribution in [-0.2, 0) is 6.42 Å². The molecule has 1 aromatic heterocycles. The average molecular weight is 174 g/mol. The molecule has 0 atom stereocenters. The highest BCUT2D eigenvalue weighted by Crippen LogP contribution is 2.10. The third-order valence-electron chi connectivity index (χ3n) is 2.29. The molecule has 0 spiro atoms. The van der Waals surface area contributed by atoms with Gasteiger partial charge >= 0.3 is 0 Å². The van der Waals surface area contributed by atoms with Gasteiger partial charge in [0.2, 0.25) is 0 Å². The second-order valence-electron chi connectivity index (χ2n) is 3.31. The van der Waals surface area contributed by atoms with E-state index in [1.165, 1.54) is 11.3 Å². The first-order chi connectivity index (χ1) is 6.45. The van der Waals surface area contributed by atoms with Crippen molar-refractivity contribution in [1.29, 1.82) is 0 Å². The van der Waals surface area contributed by atoms with E-state index in [-0.39, 0.29) is 0 Å². The van der Waals surface area contributed by atoms with Gasteiger partial charge in [0, 0.05) is 24.9 Å². The van der Waals surface area contributed by atoms with Gasteiger partial charge in [-0.05, 0) is 25.1 Å². The van der Waals surface area contributed by atoms with Crippen molar-refractivity contribution in [3.63, 3.8) is 0 Å². The summed E-state index contributed by atoms with van der Waals surface area (Å²) in [4.78, 5) is 4.31. The molecule has 2 heteroatoms. The van der Waals surface area contributed by atoms with Crippen molar-refractivity contribution in [3.05, 3.63) is 41.7 Å². The first-order valence-corrected chi connectivity index (χ1v) is 4.74. The molecule has 0 saturated carbocycles. The summed E-state index contributed by atoms with van der Waals surface area (Å²) >= 11 is 0. The van der Waals surface area contributed by atoms with E-state index in [1.807, 2.05) is 18.3 Å². The third kappa shape index (κ3) is 2.39. The summed E-state index contributed by atoms with van der Waals surface area (Å²) in [6.45, 7) is 2.13. The lowest BCUT2D eigenvalue weighted by Gasteiger charge is -2.13. The lowest BCUT2D eigenvalue weighted by atomic mass is 10.0. The Labute approximate surface area is 78.7 Å². The molecular formula is C11H14N2. The lowest BCUT2D eigenvalue weighted by molar-refractivity contribution is 0.689. The number of nitrogens with zero attached hydrogens (tertiary/aromatic N) is 1. The number of hydrogen-bond acceptors (Lipinski definition) is 2. The highest BCUT2D eigenvalue weighted by Gasteiger charge is 2.03. The van der Waals surface area contributed by atoms with Crippen LogP contribution in [0, 0.1) is 0 Å². The van der Waals surface area contributed by atoms with Crippen molar-refractivity contribution in [3.8, 4) is 0 Å². The minimum atomic E-state index is 1.02. The van der Waals surface area contributed by atoms with Crippen molar-refractivity contribution in [2.75, 3.05) is 13.1 Å². The van der Waals surface area contributed by atoms with Gasteiger partial charge in [-0.25, -0.2) is 0 Å². The molecular weight excluding hydrogens is 160 g/mol. The molecule has 0 fully saturated rings. The lowest BCUT2D eigenvalue weighted by Crippen LogP contribution is -2.21. The van der Waals surface area contributed by atoms with Crippen molar-refractivity contribution in [2.45, 2.75) is 12.8 Å². The molecule has 0 saturated heterocycles. The average Bonchev–Trinajstić information content (AvgIpc) is 2.21.